The second-order valence-corrected chi connectivity index (χ2v) is 10.4. The molecule has 34 heavy (non-hydrogen) atoms. The van der Waals surface area contributed by atoms with Gasteiger partial charge in [0.05, 0.1) is 33.5 Å². The van der Waals surface area contributed by atoms with Gasteiger partial charge in [-0.15, -0.1) is 0 Å². The fourth-order valence-electron chi connectivity index (χ4n) is 4.03. The first kappa shape index (κ1) is 23.0. The Kier molecular flexibility index (Phi) is 5.63. The summed E-state index contributed by atoms with van der Waals surface area (Å²) in [5, 5.41) is 20.9. The van der Waals surface area contributed by atoms with Gasteiger partial charge in [0.2, 0.25) is 0 Å². The molecule has 0 fully saturated rings. The third-order valence-corrected chi connectivity index (χ3v) is 7.51. The predicted octanol–water partition coefficient (Wildman–Crippen LogP) is 4.00. The van der Waals surface area contributed by atoms with Crippen molar-refractivity contribution >= 4 is 33.3 Å². The van der Waals surface area contributed by atoms with Crippen LogP contribution in [0.4, 0.5) is 11.4 Å². The summed E-state index contributed by atoms with van der Waals surface area (Å²) >= 11 is 0. The molecule has 0 aromatic heterocycles. The maximum Gasteiger partial charge on any atom is 0.337 e. The molecule has 1 amide bonds. The van der Waals surface area contributed by atoms with Crippen molar-refractivity contribution in [3.8, 4) is 6.07 Å². The number of para-hydroxylation sites is 1. The summed E-state index contributed by atoms with van der Waals surface area (Å²) < 4.78 is 28.4. The van der Waals surface area contributed by atoms with Gasteiger partial charge in [-0.3, -0.25) is 9.10 Å². The minimum Gasteiger partial charge on any atom is -0.478 e. The van der Waals surface area contributed by atoms with Crippen LogP contribution in [-0.2, 0) is 15.4 Å². The van der Waals surface area contributed by atoms with Gasteiger partial charge in [-0.05, 0) is 48.0 Å². The molecule has 172 valence electrons. The fraction of sp³-hybridized carbons (Fsp3) is 0.160. The molecule has 0 aliphatic carbocycles. The van der Waals surface area contributed by atoms with Gasteiger partial charge in [-0.2, -0.15) is 5.26 Å². The number of hydrogen-bond acceptors (Lipinski definition) is 5. The van der Waals surface area contributed by atoms with E-state index in [0.29, 0.717) is 5.69 Å². The number of nitrogens with one attached hydrogen (secondary N) is 1. The highest BCUT2D eigenvalue weighted by Gasteiger charge is 2.41. The lowest BCUT2D eigenvalue weighted by Gasteiger charge is -2.22. The van der Waals surface area contributed by atoms with Crippen molar-refractivity contribution in [3.05, 3.63) is 89.0 Å². The molecule has 0 saturated carbocycles. The minimum absolute atomic E-state index is 0.0000185. The van der Waals surface area contributed by atoms with Gasteiger partial charge < -0.3 is 10.4 Å². The summed E-state index contributed by atoms with van der Waals surface area (Å²) in [6.45, 7) is 4.21. The van der Waals surface area contributed by atoms with E-state index in [1.54, 1.807) is 12.1 Å². The summed E-state index contributed by atoms with van der Waals surface area (Å²) in [5.41, 5.74) is 1.10. The molecule has 8 nitrogen and oxygen atoms in total. The van der Waals surface area contributed by atoms with Crippen molar-refractivity contribution < 1.29 is 23.1 Å². The molecule has 1 heterocycles. The van der Waals surface area contributed by atoms with Crippen molar-refractivity contribution in [1.29, 1.82) is 5.26 Å². The lowest BCUT2D eigenvalue weighted by molar-refractivity contribution is 0.0698. The van der Waals surface area contributed by atoms with Crippen LogP contribution in [0.25, 0.3) is 0 Å². The molecule has 0 atom stereocenters. The zero-order valence-electron chi connectivity index (χ0n) is 18.4. The SMILES string of the molecule is CC1(C)CN(S(=O)(=O)c2cccc(C(=O)Nc3ccc(C#N)cc3C(=O)O)c2)c2ccccc21. The maximum absolute atomic E-state index is 13.5. The smallest absolute Gasteiger partial charge is 0.337 e. The first-order valence-corrected chi connectivity index (χ1v) is 11.8. The minimum atomic E-state index is -3.96. The largest absolute Gasteiger partial charge is 0.478 e. The normalized spacial score (nSPS) is 14.2. The number of carbonyl (C=O) groups is 2. The number of carboxylic acid groups (broad SMARTS) is 1. The first-order chi connectivity index (χ1) is 16.0. The summed E-state index contributed by atoms with van der Waals surface area (Å²) in [5.74, 6) is -1.98. The summed E-state index contributed by atoms with van der Waals surface area (Å²) in [6.07, 6.45) is 0. The Labute approximate surface area is 197 Å². The number of carboxylic acids is 1. The van der Waals surface area contributed by atoms with Crippen LogP contribution in [-0.4, -0.2) is 31.9 Å². The average molecular weight is 476 g/mol. The van der Waals surface area contributed by atoms with Crippen LogP contribution in [0.2, 0.25) is 0 Å². The highest BCUT2D eigenvalue weighted by Crippen LogP contribution is 2.42. The lowest BCUT2D eigenvalue weighted by atomic mass is 9.87. The van der Waals surface area contributed by atoms with Crippen LogP contribution in [0.15, 0.2) is 71.6 Å². The van der Waals surface area contributed by atoms with Crippen molar-refractivity contribution in [1.82, 2.24) is 0 Å². The Morgan fingerprint density at radius 1 is 1.06 bits per heavy atom. The second kappa shape index (κ2) is 8.32. The van der Waals surface area contributed by atoms with Crippen molar-refractivity contribution in [2.45, 2.75) is 24.2 Å². The molecule has 0 unspecified atom stereocenters. The number of nitriles is 1. The van der Waals surface area contributed by atoms with E-state index in [0.717, 1.165) is 11.6 Å². The van der Waals surface area contributed by atoms with Crippen molar-refractivity contribution in [3.63, 3.8) is 0 Å². The average Bonchev–Trinajstić information content (AvgIpc) is 3.11. The van der Waals surface area contributed by atoms with Crippen LogP contribution in [0.5, 0.6) is 0 Å². The van der Waals surface area contributed by atoms with E-state index in [-0.39, 0.29) is 39.2 Å². The molecule has 9 heteroatoms. The maximum atomic E-state index is 13.5. The van der Waals surface area contributed by atoms with Crippen LogP contribution >= 0.6 is 0 Å². The number of amides is 1. The number of fused-ring (bicyclic) bond motifs is 1. The molecule has 0 saturated heterocycles. The Balaban J connectivity index is 1.66. The third kappa shape index (κ3) is 4.00. The second-order valence-electron chi connectivity index (χ2n) is 8.57. The van der Waals surface area contributed by atoms with E-state index < -0.39 is 21.9 Å². The number of carbonyl (C=O) groups excluding carboxylic acids is 1. The molecule has 4 rings (SSSR count). The van der Waals surface area contributed by atoms with E-state index in [2.05, 4.69) is 5.32 Å². The molecular formula is C25H21N3O5S. The van der Waals surface area contributed by atoms with Crippen molar-refractivity contribution in [2.75, 3.05) is 16.2 Å². The number of sulfonamides is 1. The molecule has 3 aromatic carbocycles. The Bertz CT molecular complexity index is 1470. The van der Waals surface area contributed by atoms with E-state index in [1.165, 1.54) is 40.7 Å². The zero-order valence-corrected chi connectivity index (χ0v) is 19.3. The number of nitrogens with zero attached hydrogens (tertiary/aromatic N) is 2. The van der Waals surface area contributed by atoms with E-state index in [9.17, 15) is 23.1 Å². The Hall–Kier alpha value is -4.16. The number of hydrogen-bond donors (Lipinski definition) is 2. The summed E-state index contributed by atoms with van der Waals surface area (Å²) in [7, 11) is -3.96. The first-order valence-electron chi connectivity index (χ1n) is 10.4. The van der Waals surface area contributed by atoms with Gasteiger partial charge in [0.15, 0.2) is 0 Å². The number of anilines is 2. The Morgan fingerprint density at radius 2 is 1.79 bits per heavy atom. The van der Waals surface area contributed by atoms with E-state index in [1.807, 2.05) is 32.0 Å². The molecule has 3 aromatic rings. The van der Waals surface area contributed by atoms with Gasteiger partial charge in [-0.25, -0.2) is 13.2 Å². The molecule has 0 spiro atoms. The van der Waals surface area contributed by atoms with Gasteiger partial charge in [0.25, 0.3) is 15.9 Å². The molecule has 0 bridgehead atoms. The number of aromatic carboxylic acids is 1. The third-order valence-electron chi connectivity index (χ3n) is 5.75. The Morgan fingerprint density at radius 3 is 2.50 bits per heavy atom. The van der Waals surface area contributed by atoms with Gasteiger partial charge >= 0.3 is 5.97 Å². The quantitative estimate of drug-likeness (QED) is 0.574. The van der Waals surface area contributed by atoms with Gasteiger partial charge in [-0.1, -0.05) is 38.1 Å². The van der Waals surface area contributed by atoms with Crippen LogP contribution in [0.3, 0.4) is 0 Å². The number of benzene rings is 3. The molecule has 1 aliphatic heterocycles. The highest BCUT2D eigenvalue weighted by molar-refractivity contribution is 7.92. The van der Waals surface area contributed by atoms with Gasteiger partial charge in [0.1, 0.15) is 0 Å². The molecular weight excluding hydrogens is 454 g/mol. The molecule has 2 N–H and O–H groups in total. The van der Waals surface area contributed by atoms with E-state index in [4.69, 9.17) is 5.26 Å². The predicted molar refractivity (Wildman–Crippen MR) is 127 cm³/mol. The molecule has 1 aliphatic rings. The van der Waals surface area contributed by atoms with Crippen LogP contribution in [0, 0.1) is 11.3 Å². The standard InChI is InChI=1S/C25H21N3O5S/c1-25(2)15-28(22-9-4-3-8-20(22)25)34(32,33)18-7-5-6-17(13-18)23(29)27-21-11-10-16(14-26)12-19(21)24(30)31/h3-13H,15H2,1-2H3,(H,27,29)(H,30,31). The zero-order chi connectivity index (χ0) is 24.7. The monoisotopic (exact) mass is 475 g/mol. The van der Waals surface area contributed by atoms with Crippen molar-refractivity contribution in [2.24, 2.45) is 0 Å². The van der Waals surface area contributed by atoms with Crippen LogP contribution in [0.1, 0.15) is 45.7 Å². The fourth-order valence-corrected chi connectivity index (χ4v) is 5.72. The van der Waals surface area contributed by atoms with E-state index >= 15 is 0 Å². The summed E-state index contributed by atoms with van der Waals surface area (Å²) in [4.78, 5) is 24.4. The number of rotatable bonds is 5. The summed E-state index contributed by atoms with van der Waals surface area (Å²) in [6, 6.07) is 18.6. The molecule has 0 radical (unpaired) electrons. The highest BCUT2D eigenvalue weighted by atomic mass is 32.2. The van der Waals surface area contributed by atoms with Gasteiger partial charge in [0, 0.05) is 17.5 Å². The lowest BCUT2D eigenvalue weighted by Crippen LogP contribution is -2.34. The van der Waals surface area contributed by atoms with Crippen LogP contribution < -0.4 is 9.62 Å². The topological polar surface area (TPSA) is 128 Å².